The van der Waals surface area contributed by atoms with Gasteiger partial charge < -0.3 is 9.64 Å². The zero-order valence-corrected chi connectivity index (χ0v) is 20.0. The van der Waals surface area contributed by atoms with Gasteiger partial charge in [-0.2, -0.15) is 0 Å². The summed E-state index contributed by atoms with van der Waals surface area (Å²) in [5.41, 5.74) is 3.63. The SMILES string of the molecule is CC(C)CCC1CN2C(=O)N(Cc3ccc(Cl)cc3)c3cc(N4CCOCC4)cnc3C2=N1. The van der Waals surface area contributed by atoms with Gasteiger partial charge in [-0.3, -0.25) is 14.8 Å². The van der Waals surface area contributed by atoms with Gasteiger partial charge in [-0.05, 0) is 42.5 Å². The molecule has 2 aromatic rings. The number of nitrogens with zero attached hydrogens (tertiary/aromatic N) is 5. The lowest BCUT2D eigenvalue weighted by molar-refractivity contribution is 0.122. The Balaban J connectivity index is 1.51. The van der Waals surface area contributed by atoms with Gasteiger partial charge in [0.05, 0.1) is 49.9 Å². The van der Waals surface area contributed by atoms with Crippen molar-refractivity contribution in [1.29, 1.82) is 0 Å². The number of amidine groups is 1. The molecule has 0 spiro atoms. The van der Waals surface area contributed by atoms with Crippen LogP contribution in [0.15, 0.2) is 41.5 Å². The largest absolute Gasteiger partial charge is 0.378 e. The lowest BCUT2D eigenvalue weighted by atomic mass is 10.0. The summed E-state index contributed by atoms with van der Waals surface area (Å²) in [6.45, 7) is 8.54. The van der Waals surface area contributed by atoms with Crippen molar-refractivity contribution in [1.82, 2.24) is 9.88 Å². The zero-order valence-electron chi connectivity index (χ0n) is 19.2. The van der Waals surface area contributed by atoms with Crippen molar-refractivity contribution < 1.29 is 9.53 Å². The van der Waals surface area contributed by atoms with Gasteiger partial charge in [0.1, 0.15) is 5.69 Å². The van der Waals surface area contributed by atoms with Crippen LogP contribution in [0.2, 0.25) is 5.02 Å². The summed E-state index contributed by atoms with van der Waals surface area (Å²) in [7, 11) is 0. The van der Waals surface area contributed by atoms with Crippen molar-refractivity contribution >= 4 is 34.8 Å². The molecule has 0 saturated carbocycles. The maximum Gasteiger partial charge on any atom is 0.330 e. The summed E-state index contributed by atoms with van der Waals surface area (Å²) in [6, 6.07) is 9.82. The molecule has 1 aromatic carbocycles. The summed E-state index contributed by atoms with van der Waals surface area (Å²) in [5, 5.41) is 0.683. The number of pyridine rings is 1. The molecule has 1 unspecified atom stereocenters. The fourth-order valence-corrected chi connectivity index (χ4v) is 4.73. The van der Waals surface area contributed by atoms with Crippen molar-refractivity contribution in [2.75, 3.05) is 42.6 Å². The second-order valence-electron chi connectivity index (χ2n) is 9.34. The number of carbonyl (C=O) groups is 1. The van der Waals surface area contributed by atoms with Crippen molar-refractivity contribution in [3.8, 4) is 0 Å². The fraction of sp³-hybridized carbons (Fsp3) is 0.480. The van der Waals surface area contributed by atoms with Gasteiger partial charge in [-0.1, -0.05) is 37.6 Å². The first-order chi connectivity index (χ1) is 16.0. The average Bonchev–Trinajstić information content (AvgIpc) is 3.27. The quantitative estimate of drug-likeness (QED) is 0.624. The number of hydrogen-bond donors (Lipinski definition) is 0. The number of hydrogen-bond acceptors (Lipinski definition) is 5. The number of ether oxygens (including phenoxy) is 1. The molecule has 1 atom stereocenters. The van der Waals surface area contributed by atoms with Gasteiger partial charge in [-0.25, -0.2) is 9.78 Å². The molecule has 0 radical (unpaired) electrons. The first kappa shape index (κ1) is 22.2. The van der Waals surface area contributed by atoms with E-state index in [1.165, 1.54) is 0 Å². The Bertz CT molecular complexity index is 1050. The van der Waals surface area contributed by atoms with E-state index in [2.05, 4.69) is 24.8 Å². The number of anilines is 2. The first-order valence-electron chi connectivity index (χ1n) is 11.7. The Kier molecular flexibility index (Phi) is 6.25. The molecule has 0 aliphatic carbocycles. The molecule has 8 heteroatoms. The van der Waals surface area contributed by atoms with Gasteiger partial charge in [0, 0.05) is 18.1 Å². The van der Waals surface area contributed by atoms with Crippen LogP contribution in [0.5, 0.6) is 0 Å². The zero-order chi connectivity index (χ0) is 22.9. The third-order valence-electron chi connectivity index (χ3n) is 6.48. The predicted molar refractivity (Wildman–Crippen MR) is 131 cm³/mol. The van der Waals surface area contributed by atoms with E-state index in [1.54, 1.807) is 0 Å². The van der Waals surface area contributed by atoms with Crippen LogP contribution in [0, 0.1) is 5.92 Å². The Morgan fingerprint density at radius 2 is 1.94 bits per heavy atom. The highest BCUT2D eigenvalue weighted by Crippen LogP contribution is 2.35. The molecule has 3 aliphatic rings. The highest BCUT2D eigenvalue weighted by atomic mass is 35.5. The average molecular weight is 468 g/mol. The number of halogens is 1. The molecule has 174 valence electrons. The lowest BCUT2D eigenvalue weighted by Gasteiger charge is -2.36. The lowest BCUT2D eigenvalue weighted by Crippen LogP contribution is -2.50. The molecule has 5 rings (SSSR count). The predicted octanol–water partition coefficient (Wildman–Crippen LogP) is 4.58. The van der Waals surface area contributed by atoms with Crippen molar-refractivity contribution in [2.24, 2.45) is 10.9 Å². The molecule has 1 saturated heterocycles. The van der Waals surface area contributed by atoms with Gasteiger partial charge in [0.25, 0.3) is 0 Å². The number of aromatic nitrogens is 1. The Labute approximate surface area is 200 Å². The van der Waals surface area contributed by atoms with E-state index in [-0.39, 0.29) is 12.1 Å². The second kappa shape index (κ2) is 9.31. The molecule has 0 N–H and O–H groups in total. The Hall–Kier alpha value is -2.64. The summed E-state index contributed by atoms with van der Waals surface area (Å²) >= 11 is 6.08. The van der Waals surface area contributed by atoms with Crippen LogP contribution in [0.4, 0.5) is 16.2 Å². The Morgan fingerprint density at radius 1 is 1.18 bits per heavy atom. The molecule has 1 fully saturated rings. The number of morpholine rings is 1. The third-order valence-corrected chi connectivity index (χ3v) is 6.73. The van der Waals surface area contributed by atoms with Gasteiger partial charge in [0.15, 0.2) is 5.84 Å². The number of fused-ring (bicyclic) bond motifs is 3. The van der Waals surface area contributed by atoms with E-state index in [1.807, 2.05) is 40.3 Å². The summed E-state index contributed by atoms with van der Waals surface area (Å²) in [6.07, 6.45) is 3.97. The van der Waals surface area contributed by atoms with Crippen LogP contribution in [-0.4, -0.2) is 60.6 Å². The van der Waals surface area contributed by atoms with Crippen LogP contribution in [0.1, 0.15) is 37.9 Å². The minimum atomic E-state index is -0.0378. The van der Waals surface area contributed by atoms with Crippen molar-refractivity contribution in [3.63, 3.8) is 0 Å². The highest BCUT2D eigenvalue weighted by molar-refractivity contribution is 6.30. The standard InChI is InChI=1S/C25H30ClN5O2/c1-17(2)3-8-20-16-31-24(28-20)23-22(13-21(14-27-23)29-9-11-33-12-10-29)30(25(31)32)15-18-4-6-19(26)7-5-18/h4-7,13-14,17,20H,3,8-12,15-16H2,1-2H3. The number of rotatable bonds is 6. The fourth-order valence-electron chi connectivity index (χ4n) is 4.61. The maximum absolute atomic E-state index is 13.7. The Morgan fingerprint density at radius 3 is 2.67 bits per heavy atom. The monoisotopic (exact) mass is 467 g/mol. The van der Waals surface area contributed by atoms with E-state index < -0.39 is 0 Å². The first-order valence-corrected chi connectivity index (χ1v) is 12.1. The molecule has 1 aromatic heterocycles. The topological polar surface area (TPSA) is 61.3 Å². The number of aliphatic imine (C=N–C) groups is 1. The van der Waals surface area contributed by atoms with Crippen LogP contribution >= 0.6 is 11.6 Å². The van der Waals surface area contributed by atoms with E-state index in [0.717, 1.165) is 48.6 Å². The molecule has 4 heterocycles. The van der Waals surface area contributed by atoms with E-state index >= 15 is 0 Å². The summed E-state index contributed by atoms with van der Waals surface area (Å²) in [4.78, 5) is 29.4. The summed E-state index contributed by atoms with van der Waals surface area (Å²) in [5.74, 6) is 1.33. The maximum atomic E-state index is 13.7. The van der Waals surface area contributed by atoms with Gasteiger partial charge >= 0.3 is 6.03 Å². The molecule has 0 bridgehead atoms. The van der Waals surface area contributed by atoms with Crippen LogP contribution in [0.3, 0.4) is 0 Å². The summed E-state index contributed by atoms with van der Waals surface area (Å²) < 4.78 is 5.51. The number of benzene rings is 1. The van der Waals surface area contributed by atoms with Crippen molar-refractivity contribution in [3.05, 3.63) is 52.8 Å². The molecule has 2 amide bonds. The molecular formula is C25H30ClN5O2. The van der Waals surface area contributed by atoms with Crippen molar-refractivity contribution in [2.45, 2.75) is 39.3 Å². The second-order valence-corrected chi connectivity index (χ2v) is 9.78. The minimum absolute atomic E-state index is 0.0378. The normalized spacial score (nSPS) is 20.2. The molecule has 33 heavy (non-hydrogen) atoms. The third kappa shape index (κ3) is 4.57. The smallest absolute Gasteiger partial charge is 0.330 e. The van der Waals surface area contributed by atoms with Crippen LogP contribution in [0.25, 0.3) is 0 Å². The number of amides is 2. The number of urea groups is 1. The van der Waals surface area contributed by atoms with Gasteiger partial charge in [0.2, 0.25) is 0 Å². The molecular weight excluding hydrogens is 438 g/mol. The van der Waals surface area contributed by atoms with E-state index in [0.29, 0.717) is 43.1 Å². The van der Waals surface area contributed by atoms with Crippen LogP contribution < -0.4 is 9.80 Å². The minimum Gasteiger partial charge on any atom is -0.378 e. The highest BCUT2D eigenvalue weighted by Gasteiger charge is 2.41. The molecule has 7 nitrogen and oxygen atoms in total. The van der Waals surface area contributed by atoms with E-state index in [9.17, 15) is 4.79 Å². The van der Waals surface area contributed by atoms with Crippen LogP contribution in [-0.2, 0) is 11.3 Å². The molecule has 3 aliphatic heterocycles. The number of carbonyl (C=O) groups excluding carboxylic acids is 1. The van der Waals surface area contributed by atoms with Gasteiger partial charge in [-0.15, -0.1) is 0 Å². The van der Waals surface area contributed by atoms with E-state index in [4.69, 9.17) is 26.3 Å².